The summed E-state index contributed by atoms with van der Waals surface area (Å²) >= 11 is 11.8. The molecule has 0 aliphatic carbocycles. The predicted molar refractivity (Wildman–Crippen MR) is 86.3 cm³/mol. The van der Waals surface area contributed by atoms with E-state index in [0.717, 1.165) is 0 Å². The van der Waals surface area contributed by atoms with Gasteiger partial charge in [0, 0.05) is 24.7 Å². The number of rotatable bonds is 9. The van der Waals surface area contributed by atoms with Crippen molar-refractivity contribution in [1.29, 1.82) is 0 Å². The van der Waals surface area contributed by atoms with Crippen molar-refractivity contribution in [2.75, 3.05) is 26.3 Å². The van der Waals surface area contributed by atoms with Crippen LogP contribution in [0.3, 0.4) is 0 Å². The third-order valence-corrected chi connectivity index (χ3v) is 3.63. The van der Waals surface area contributed by atoms with Crippen LogP contribution in [0.25, 0.3) is 0 Å². The molecule has 6 heteroatoms. The summed E-state index contributed by atoms with van der Waals surface area (Å²) < 4.78 is 5.46. The average molecular weight is 336 g/mol. The molecule has 0 heterocycles. The number of nitrogens with one attached hydrogen (secondary N) is 1. The number of aliphatic hydroxyl groups excluding tert-OH is 2. The lowest BCUT2D eigenvalue weighted by Gasteiger charge is -2.24. The summed E-state index contributed by atoms with van der Waals surface area (Å²) in [4.78, 5) is 0. The van der Waals surface area contributed by atoms with Gasteiger partial charge in [0.1, 0.15) is 18.5 Å². The molecule has 0 aromatic heterocycles. The van der Waals surface area contributed by atoms with E-state index in [0.29, 0.717) is 35.3 Å². The van der Waals surface area contributed by atoms with Crippen LogP contribution in [-0.2, 0) is 0 Å². The second-order valence-electron chi connectivity index (χ2n) is 5.81. The monoisotopic (exact) mass is 335 g/mol. The normalized spacial score (nSPS) is 13.2. The number of hydrogen-bond acceptors (Lipinski definition) is 4. The van der Waals surface area contributed by atoms with Gasteiger partial charge < -0.3 is 20.3 Å². The van der Waals surface area contributed by atoms with E-state index in [2.05, 4.69) is 19.2 Å². The molecule has 0 saturated heterocycles. The highest BCUT2D eigenvalue weighted by Crippen LogP contribution is 2.27. The van der Waals surface area contributed by atoms with Crippen LogP contribution in [0, 0.1) is 5.41 Å². The second kappa shape index (κ2) is 8.81. The maximum Gasteiger partial charge on any atom is 0.138 e. The average Bonchev–Trinajstić information content (AvgIpc) is 2.37. The van der Waals surface area contributed by atoms with Gasteiger partial charge in [0.25, 0.3) is 0 Å². The first-order valence-electron chi connectivity index (χ1n) is 6.91. The van der Waals surface area contributed by atoms with Crippen molar-refractivity contribution in [2.45, 2.75) is 26.4 Å². The van der Waals surface area contributed by atoms with E-state index in [-0.39, 0.29) is 18.6 Å². The summed E-state index contributed by atoms with van der Waals surface area (Å²) in [5, 5.41) is 23.0. The Bertz CT molecular complexity index is 441. The molecule has 4 nitrogen and oxygen atoms in total. The molecule has 0 spiro atoms. The molecular weight excluding hydrogens is 313 g/mol. The molecule has 120 valence electrons. The van der Waals surface area contributed by atoms with Crippen molar-refractivity contribution in [1.82, 2.24) is 5.32 Å². The van der Waals surface area contributed by atoms with E-state index in [1.165, 1.54) is 0 Å². The first-order valence-corrected chi connectivity index (χ1v) is 7.67. The number of aliphatic hydroxyl groups is 2. The van der Waals surface area contributed by atoms with E-state index < -0.39 is 6.10 Å². The van der Waals surface area contributed by atoms with Crippen molar-refractivity contribution in [2.24, 2.45) is 5.41 Å². The summed E-state index contributed by atoms with van der Waals surface area (Å²) in [7, 11) is 0. The van der Waals surface area contributed by atoms with Crippen LogP contribution in [-0.4, -0.2) is 42.6 Å². The molecule has 0 radical (unpaired) electrons. The van der Waals surface area contributed by atoms with Gasteiger partial charge in [-0.25, -0.2) is 0 Å². The largest absolute Gasteiger partial charge is 0.489 e. The zero-order valence-corrected chi connectivity index (χ0v) is 13.9. The fourth-order valence-corrected chi connectivity index (χ4v) is 2.27. The SMILES string of the molecule is CC(C)(CCO)CNCC(O)COc1ccc(Cl)cc1Cl. The molecule has 1 aromatic rings. The lowest BCUT2D eigenvalue weighted by molar-refractivity contribution is 0.102. The third-order valence-electron chi connectivity index (χ3n) is 3.10. The topological polar surface area (TPSA) is 61.7 Å². The number of halogens is 2. The Balaban J connectivity index is 2.29. The lowest BCUT2D eigenvalue weighted by Crippen LogP contribution is -2.37. The summed E-state index contributed by atoms with van der Waals surface area (Å²) in [5.74, 6) is 0.501. The molecule has 3 N–H and O–H groups in total. The Morgan fingerprint density at radius 3 is 2.67 bits per heavy atom. The van der Waals surface area contributed by atoms with Crippen LogP contribution >= 0.6 is 23.2 Å². The van der Waals surface area contributed by atoms with Crippen molar-refractivity contribution in [3.8, 4) is 5.75 Å². The first-order chi connectivity index (χ1) is 9.84. The predicted octanol–water partition coefficient (Wildman–Crippen LogP) is 2.73. The minimum atomic E-state index is -0.637. The molecule has 0 aliphatic heterocycles. The maximum absolute atomic E-state index is 9.88. The zero-order valence-electron chi connectivity index (χ0n) is 12.4. The molecule has 1 rings (SSSR count). The van der Waals surface area contributed by atoms with E-state index in [4.69, 9.17) is 33.0 Å². The van der Waals surface area contributed by atoms with E-state index in [9.17, 15) is 5.11 Å². The van der Waals surface area contributed by atoms with Gasteiger partial charge in [-0.05, 0) is 30.0 Å². The molecule has 1 aromatic carbocycles. The Labute approximate surface area is 136 Å². The van der Waals surface area contributed by atoms with Crippen molar-refractivity contribution in [3.05, 3.63) is 28.2 Å². The summed E-state index contributed by atoms with van der Waals surface area (Å²) in [5.41, 5.74) is -0.00514. The molecule has 21 heavy (non-hydrogen) atoms. The molecular formula is C15H23Cl2NO3. The van der Waals surface area contributed by atoms with Crippen molar-refractivity contribution >= 4 is 23.2 Å². The molecule has 1 unspecified atom stereocenters. The van der Waals surface area contributed by atoms with Gasteiger partial charge in [0.05, 0.1) is 5.02 Å². The molecule has 0 aliphatic rings. The van der Waals surface area contributed by atoms with E-state index in [1.807, 2.05) is 0 Å². The highest BCUT2D eigenvalue weighted by Gasteiger charge is 2.17. The number of benzene rings is 1. The third kappa shape index (κ3) is 7.34. The second-order valence-corrected chi connectivity index (χ2v) is 6.65. The molecule has 0 bridgehead atoms. The van der Waals surface area contributed by atoms with Crippen LogP contribution in [0.4, 0.5) is 0 Å². The van der Waals surface area contributed by atoms with Gasteiger partial charge in [0.2, 0.25) is 0 Å². The fourth-order valence-electron chi connectivity index (χ4n) is 1.81. The minimum absolute atomic E-state index is 0.00514. The minimum Gasteiger partial charge on any atom is -0.489 e. The van der Waals surface area contributed by atoms with Crippen LogP contribution < -0.4 is 10.1 Å². The summed E-state index contributed by atoms with van der Waals surface area (Å²) in [6.07, 6.45) is 0.0779. The Morgan fingerprint density at radius 2 is 2.05 bits per heavy atom. The molecule has 0 amide bonds. The van der Waals surface area contributed by atoms with Gasteiger partial charge in [-0.1, -0.05) is 37.0 Å². The van der Waals surface area contributed by atoms with Crippen LogP contribution in [0.1, 0.15) is 20.3 Å². The fraction of sp³-hybridized carbons (Fsp3) is 0.600. The summed E-state index contributed by atoms with van der Waals surface area (Å²) in [6.45, 7) is 5.57. The highest BCUT2D eigenvalue weighted by molar-refractivity contribution is 6.35. The summed E-state index contributed by atoms with van der Waals surface area (Å²) in [6, 6.07) is 4.96. The molecule has 1 atom stereocenters. The van der Waals surface area contributed by atoms with Gasteiger partial charge in [-0.15, -0.1) is 0 Å². The zero-order chi connectivity index (χ0) is 15.9. The van der Waals surface area contributed by atoms with Crippen LogP contribution in [0.15, 0.2) is 18.2 Å². The van der Waals surface area contributed by atoms with Gasteiger partial charge in [0.15, 0.2) is 0 Å². The Hall–Kier alpha value is -0.520. The maximum atomic E-state index is 9.88. The standard InChI is InChI=1S/C15H23Cl2NO3/c1-15(2,5-6-19)10-18-8-12(20)9-21-14-4-3-11(16)7-13(14)17/h3-4,7,12,18-20H,5-6,8-10H2,1-2H3. The molecule has 0 fully saturated rings. The van der Waals surface area contributed by atoms with Gasteiger partial charge in [-0.3, -0.25) is 0 Å². The lowest BCUT2D eigenvalue weighted by atomic mass is 9.90. The number of ether oxygens (including phenoxy) is 1. The molecule has 0 saturated carbocycles. The number of hydrogen-bond donors (Lipinski definition) is 3. The van der Waals surface area contributed by atoms with Crippen LogP contribution in [0.5, 0.6) is 5.75 Å². The van der Waals surface area contributed by atoms with Crippen molar-refractivity contribution < 1.29 is 14.9 Å². The van der Waals surface area contributed by atoms with Gasteiger partial charge in [-0.2, -0.15) is 0 Å². The first kappa shape index (κ1) is 18.5. The highest BCUT2D eigenvalue weighted by atomic mass is 35.5. The Kier molecular flexibility index (Phi) is 7.77. The Morgan fingerprint density at radius 1 is 1.33 bits per heavy atom. The smallest absolute Gasteiger partial charge is 0.138 e. The van der Waals surface area contributed by atoms with Crippen LogP contribution in [0.2, 0.25) is 10.0 Å². The van der Waals surface area contributed by atoms with Gasteiger partial charge >= 0.3 is 0 Å². The van der Waals surface area contributed by atoms with Crippen molar-refractivity contribution in [3.63, 3.8) is 0 Å². The quantitative estimate of drug-likeness (QED) is 0.649. The van der Waals surface area contributed by atoms with E-state index >= 15 is 0 Å². The van der Waals surface area contributed by atoms with E-state index in [1.54, 1.807) is 18.2 Å².